The number of hydrogen-bond donors (Lipinski definition) is 0. The van der Waals surface area contributed by atoms with Crippen LogP contribution in [0, 0.1) is 11.8 Å². The van der Waals surface area contributed by atoms with Crippen LogP contribution in [-0.2, 0) is 14.3 Å². The van der Waals surface area contributed by atoms with Crippen LogP contribution in [0.3, 0.4) is 0 Å². The zero-order valence-electron chi connectivity index (χ0n) is 10.9. The SMILES string of the molecule is C[C@H](CC=O)[C@H]1O[C@@H](c2ccccc2)OC[C@@H]1C. The van der Waals surface area contributed by atoms with E-state index in [1.54, 1.807) is 0 Å². The molecular weight excluding hydrogens is 228 g/mol. The first-order chi connectivity index (χ1) is 8.72. The smallest absolute Gasteiger partial charge is 0.184 e. The molecule has 3 nitrogen and oxygen atoms in total. The standard InChI is InChI=1S/C15H20O3/c1-11(8-9-16)14-12(2)10-17-15(18-14)13-6-4-3-5-7-13/h3-7,9,11-12,14-15H,8,10H2,1-2H3/t11-,12+,14-,15+/m1/s1. The van der Waals surface area contributed by atoms with Gasteiger partial charge in [0, 0.05) is 17.9 Å². The minimum Gasteiger partial charge on any atom is -0.348 e. The molecule has 0 spiro atoms. The Morgan fingerprint density at radius 2 is 2.11 bits per heavy atom. The van der Waals surface area contributed by atoms with E-state index in [0.29, 0.717) is 18.9 Å². The van der Waals surface area contributed by atoms with Gasteiger partial charge in [-0.1, -0.05) is 44.2 Å². The lowest BCUT2D eigenvalue weighted by Crippen LogP contribution is -2.39. The molecule has 0 saturated carbocycles. The number of benzene rings is 1. The molecule has 1 aliphatic heterocycles. The summed E-state index contributed by atoms with van der Waals surface area (Å²) < 4.78 is 11.7. The van der Waals surface area contributed by atoms with Crippen LogP contribution in [0.25, 0.3) is 0 Å². The van der Waals surface area contributed by atoms with Gasteiger partial charge in [-0.3, -0.25) is 0 Å². The topological polar surface area (TPSA) is 35.5 Å². The van der Waals surface area contributed by atoms with Crippen molar-refractivity contribution < 1.29 is 14.3 Å². The highest BCUT2D eigenvalue weighted by Crippen LogP contribution is 2.33. The van der Waals surface area contributed by atoms with E-state index in [9.17, 15) is 4.79 Å². The Kier molecular flexibility index (Phi) is 4.50. The average Bonchev–Trinajstić information content (AvgIpc) is 2.40. The molecule has 3 heteroatoms. The monoisotopic (exact) mass is 248 g/mol. The number of rotatable bonds is 4. The molecule has 0 bridgehead atoms. The summed E-state index contributed by atoms with van der Waals surface area (Å²) in [5.41, 5.74) is 1.03. The van der Waals surface area contributed by atoms with Gasteiger partial charge in [0.2, 0.25) is 0 Å². The maximum absolute atomic E-state index is 10.6. The number of ether oxygens (including phenoxy) is 2. The van der Waals surface area contributed by atoms with Gasteiger partial charge in [-0.05, 0) is 5.92 Å². The molecule has 18 heavy (non-hydrogen) atoms. The Morgan fingerprint density at radius 3 is 2.78 bits per heavy atom. The predicted molar refractivity (Wildman–Crippen MR) is 69.0 cm³/mol. The number of hydrogen-bond acceptors (Lipinski definition) is 3. The van der Waals surface area contributed by atoms with E-state index in [2.05, 4.69) is 13.8 Å². The van der Waals surface area contributed by atoms with E-state index in [1.165, 1.54) is 0 Å². The van der Waals surface area contributed by atoms with Gasteiger partial charge in [-0.15, -0.1) is 0 Å². The molecule has 1 aromatic carbocycles. The maximum Gasteiger partial charge on any atom is 0.184 e. The first-order valence-electron chi connectivity index (χ1n) is 6.48. The zero-order chi connectivity index (χ0) is 13.0. The van der Waals surface area contributed by atoms with Crippen LogP contribution in [0.15, 0.2) is 30.3 Å². The molecule has 1 heterocycles. The fourth-order valence-corrected chi connectivity index (χ4v) is 2.42. The van der Waals surface area contributed by atoms with Crippen molar-refractivity contribution in [3.8, 4) is 0 Å². The highest BCUT2D eigenvalue weighted by Gasteiger charge is 2.33. The third-order valence-electron chi connectivity index (χ3n) is 3.45. The lowest BCUT2D eigenvalue weighted by molar-refractivity contribution is -0.249. The molecule has 4 atom stereocenters. The summed E-state index contributed by atoms with van der Waals surface area (Å²) in [4.78, 5) is 10.6. The summed E-state index contributed by atoms with van der Waals surface area (Å²) in [6.45, 7) is 4.84. The minimum absolute atomic E-state index is 0.0779. The summed E-state index contributed by atoms with van der Waals surface area (Å²) in [6, 6.07) is 9.93. The second-order valence-electron chi connectivity index (χ2n) is 5.03. The van der Waals surface area contributed by atoms with E-state index in [-0.39, 0.29) is 18.3 Å². The number of carbonyl (C=O) groups is 1. The third-order valence-corrected chi connectivity index (χ3v) is 3.45. The molecule has 1 aliphatic rings. The van der Waals surface area contributed by atoms with Gasteiger partial charge in [0.15, 0.2) is 6.29 Å². The average molecular weight is 248 g/mol. The maximum atomic E-state index is 10.6. The van der Waals surface area contributed by atoms with E-state index in [4.69, 9.17) is 9.47 Å². The second kappa shape index (κ2) is 6.12. The summed E-state index contributed by atoms with van der Waals surface area (Å²) in [6.07, 6.45) is 1.28. The van der Waals surface area contributed by atoms with Gasteiger partial charge >= 0.3 is 0 Å². The summed E-state index contributed by atoms with van der Waals surface area (Å²) in [5.74, 6) is 0.549. The van der Waals surface area contributed by atoms with E-state index >= 15 is 0 Å². The quantitative estimate of drug-likeness (QED) is 0.768. The fraction of sp³-hybridized carbons (Fsp3) is 0.533. The molecule has 1 fully saturated rings. The lowest BCUT2D eigenvalue weighted by Gasteiger charge is -2.37. The Bertz CT molecular complexity index is 377. The van der Waals surface area contributed by atoms with Crippen molar-refractivity contribution in [2.45, 2.75) is 32.7 Å². The van der Waals surface area contributed by atoms with Crippen molar-refractivity contribution >= 4 is 6.29 Å². The van der Waals surface area contributed by atoms with Gasteiger partial charge in [0.1, 0.15) is 6.29 Å². The molecule has 0 amide bonds. The van der Waals surface area contributed by atoms with E-state index < -0.39 is 0 Å². The van der Waals surface area contributed by atoms with Gasteiger partial charge in [-0.2, -0.15) is 0 Å². The fourth-order valence-electron chi connectivity index (χ4n) is 2.42. The summed E-state index contributed by atoms with van der Waals surface area (Å²) in [7, 11) is 0. The highest BCUT2D eigenvalue weighted by atomic mass is 16.7. The van der Waals surface area contributed by atoms with Crippen LogP contribution in [0.5, 0.6) is 0 Å². The number of carbonyl (C=O) groups excluding carboxylic acids is 1. The summed E-state index contributed by atoms with van der Waals surface area (Å²) in [5, 5.41) is 0. The first-order valence-corrected chi connectivity index (χ1v) is 6.48. The van der Waals surface area contributed by atoms with Crippen LogP contribution in [-0.4, -0.2) is 19.0 Å². The van der Waals surface area contributed by atoms with Crippen molar-refractivity contribution in [1.82, 2.24) is 0 Å². The predicted octanol–water partition coefficient (Wildman–Crippen LogP) is 2.96. The Morgan fingerprint density at radius 1 is 1.39 bits per heavy atom. The second-order valence-corrected chi connectivity index (χ2v) is 5.03. The van der Waals surface area contributed by atoms with Crippen molar-refractivity contribution in [2.24, 2.45) is 11.8 Å². The molecule has 2 rings (SSSR count). The van der Waals surface area contributed by atoms with Crippen molar-refractivity contribution in [1.29, 1.82) is 0 Å². The molecule has 0 N–H and O–H groups in total. The van der Waals surface area contributed by atoms with E-state index in [1.807, 2.05) is 30.3 Å². The molecule has 0 aliphatic carbocycles. The Balaban J connectivity index is 2.06. The normalized spacial score (nSPS) is 29.8. The third kappa shape index (κ3) is 2.98. The van der Waals surface area contributed by atoms with Crippen molar-refractivity contribution in [2.75, 3.05) is 6.61 Å². The Hall–Kier alpha value is -1.19. The van der Waals surface area contributed by atoms with E-state index in [0.717, 1.165) is 11.8 Å². The molecular formula is C15H20O3. The van der Waals surface area contributed by atoms with Crippen LogP contribution in [0.4, 0.5) is 0 Å². The van der Waals surface area contributed by atoms with Crippen LogP contribution in [0.1, 0.15) is 32.1 Å². The Labute approximate surface area is 108 Å². The molecule has 0 unspecified atom stereocenters. The zero-order valence-corrected chi connectivity index (χ0v) is 10.9. The molecule has 0 aromatic heterocycles. The summed E-state index contributed by atoms with van der Waals surface area (Å²) >= 11 is 0. The van der Waals surface area contributed by atoms with Gasteiger partial charge in [0.05, 0.1) is 12.7 Å². The van der Waals surface area contributed by atoms with Crippen LogP contribution < -0.4 is 0 Å². The minimum atomic E-state index is -0.304. The van der Waals surface area contributed by atoms with Gasteiger partial charge in [-0.25, -0.2) is 0 Å². The number of aldehydes is 1. The molecule has 0 radical (unpaired) electrons. The van der Waals surface area contributed by atoms with Crippen LogP contribution in [0.2, 0.25) is 0 Å². The van der Waals surface area contributed by atoms with Gasteiger partial charge in [0.25, 0.3) is 0 Å². The highest BCUT2D eigenvalue weighted by molar-refractivity contribution is 5.49. The van der Waals surface area contributed by atoms with Gasteiger partial charge < -0.3 is 14.3 Å². The molecule has 1 aromatic rings. The first kappa shape index (κ1) is 13.2. The largest absolute Gasteiger partial charge is 0.348 e. The van der Waals surface area contributed by atoms with Crippen molar-refractivity contribution in [3.05, 3.63) is 35.9 Å². The lowest BCUT2D eigenvalue weighted by atomic mass is 9.91. The van der Waals surface area contributed by atoms with Crippen LogP contribution >= 0.6 is 0 Å². The molecule has 1 saturated heterocycles. The van der Waals surface area contributed by atoms with Crippen molar-refractivity contribution in [3.63, 3.8) is 0 Å². The molecule has 98 valence electrons.